The molecule has 1 aliphatic rings. The zero-order valence-electron chi connectivity index (χ0n) is 12.7. The monoisotopic (exact) mass is 320 g/mol. The van der Waals surface area contributed by atoms with Crippen molar-refractivity contribution in [3.63, 3.8) is 0 Å². The minimum absolute atomic E-state index is 0.173. The first-order valence-corrected chi connectivity index (χ1v) is 7.34. The van der Waals surface area contributed by atoms with Crippen LogP contribution in [0.3, 0.4) is 0 Å². The molecule has 0 unspecified atom stereocenters. The lowest BCUT2D eigenvalue weighted by Crippen LogP contribution is -2.32. The van der Waals surface area contributed by atoms with Gasteiger partial charge in [-0.1, -0.05) is 29.3 Å². The Morgan fingerprint density at radius 1 is 1.00 bits per heavy atom. The van der Waals surface area contributed by atoms with Gasteiger partial charge in [-0.15, -0.1) is 0 Å². The summed E-state index contributed by atoms with van der Waals surface area (Å²) < 4.78 is 0. The van der Waals surface area contributed by atoms with E-state index in [4.69, 9.17) is 4.84 Å². The first-order chi connectivity index (χ1) is 11.5. The Balaban J connectivity index is 1.62. The molecule has 3 aromatic rings. The Morgan fingerprint density at radius 3 is 2.33 bits per heavy atom. The van der Waals surface area contributed by atoms with Crippen LogP contribution >= 0.6 is 0 Å². The number of hydroxylamine groups is 2. The molecule has 1 aliphatic heterocycles. The quantitative estimate of drug-likeness (QED) is 0.736. The summed E-state index contributed by atoms with van der Waals surface area (Å²) in [5.74, 6) is -2.08. The molecule has 0 saturated carbocycles. The number of aryl methyl sites for hydroxylation is 1. The summed E-state index contributed by atoms with van der Waals surface area (Å²) in [5, 5.41) is 1.35. The van der Waals surface area contributed by atoms with E-state index in [1.54, 1.807) is 18.2 Å². The van der Waals surface area contributed by atoms with E-state index in [0.717, 1.165) is 16.5 Å². The molecule has 0 aliphatic carbocycles. The summed E-state index contributed by atoms with van der Waals surface area (Å²) in [6.45, 7) is 1.94. The lowest BCUT2D eigenvalue weighted by molar-refractivity contribution is -0.0587. The fourth-order valence-electron chi connectivity index (χ4n) is 2.73. The van der Waals surface area contributed by atoms with Gasteiger partial charge in [0.15, 0.2) is 0 Å². The number of fused-ring (bicyclic) bond motifs is 2. The maximum absolute atomic E-state index is 12.3. The summed E-state index contributed by atoms with van der Waals surface area (Å²) in [5.41, 5.74) is 2.45. The molecule has 6 nitrogen and oxygen atoms in total. The van der Waals surface area contributed by atoms with Crippen LogP contribution in [-0.4, -0.2) is 27.8 Å². The van der Waals surface area contributed by atoms with Gasteiger partial charge in [-0.25, -0.2) is 4.79 Å². The van der Waals surface area contributed by atoms with E-state index in [1.807, 2.05) is 25.1 Å². The molecule has 2 amide bonds. The number of hydrogen-bond donors (Lipinski definition) is 1. The molecule has 2 heterocycles. The average Bonchev–Trinajstić information content (AvgIpc) is 3.10. The van der Waals surface area contributed by atoms with Crippen molar-refractivity contribution in [3.05, 3.63) is 70.9 Å². The van der Waals surface area contributed by atoms with Gasteiger partial charge in [-0.2, -0.15) is 0 Å². The topological polar surface area (TPSA) is 79.5 Å². The smallest absolute Gasteiger partial charge is 0.349 e. The van der Waals surface area contributed by atoms with E-state index < -0.39 is 17.8 Å². The van der Waals surface area contributed by atoms with Gasteiger partial charge in [0, 0.05) is 10.9 Å². The predicted octanol–water partition coefficient (Wildman–Crippen LogP) is 2.84. The number of hydrogen-bond acceptors (Lipinski definition) is 4. The van der Waals surface area contributed by atoms with Gasteiger partial charge < -0.3 is 9.82 Å². The lowest BCUT2D eigenvalue weighted by Gasteiger charge is -2.11. The third-order valence-corrected chi connectivity index (χ3v) is 3.93. The van der Waals surface area contributed by atoms with Crippen molar-refractivity contribution in [2.45, 2.75) is 6.92 Å². The van der Waals surface area contributed by atoms with E-state index in [-0.39, 0.29) is 16.8 Å². The van der Waals surface area contributed by atoms with Crippen LogP contribution < -0.4 is 0 Å². The number of aromatic nitrogens is 1. The fourth-order valence-corrected chi connectivity index (χ4v) is 2.73. The molecular formula is C18H12N2O4. The van der Waals surface area contributed by atoms with Crippen molar-refractivity contribution in [2.75, 3.05) is 0 Å². The number of imide groups is 1. The second-order valence-corrected chi connectivity index (χ2v) is 5.60. The van der Waals surface area contributed by atoms with E-state index in [2.05, 4.69) is 4.98 Å². The number of nitrogens with zero attached hydrogens (tertiary/aromatic N) is 1. The van der Waals surface area contributed by atoms with E-state index in [1.165, 1.54) is 12.1 Å². The highest BCUT2D eigenvalue weighted by atomic mass is 16.7. The zero-order chi connectivity index (χ0) is 16.8. The van der Waals surface area contributed by atoms with Crippen LogP contribution in [0.4, 0.5) is 0 Å². The number of aromatic amines is 1. The minimum atomic E-state index is -0.793. The van der Waals surface area contributed by atoms with E-state index >= 15 is 0 Å². The molecule has 0 bridgehead atoms. The van der Waals surface area contributed by atoms with Crippen LogP contribution in [0.1, 0.15) is 36.8 Å². The molecule has 118 valence electrons. The lowest BCUT2D eigenvalue weighted by atomic mass is 10.1. The van der Waals surface area contributed by atoms with Crippen molar-refractivity contribution in [3.8, 4) is 0 Å². The first kappa shape index (κ1) is 14.2. The zero-order valence-corrected chi connectivity index (χ0v) is 12.7. The van der Waals surface area contributed by atoms with Gasteiger partial charge in [0.1, 0.15) is 5.69 Å². The maximum atomic E-state index is 12.3. The molecule has 1 N–H and O–H groups in total. The maximum Gasteiger partial charge on any atom is 0.380 e. The van der Waals surface area contributed by atoms with Gasteiger partial charge in [0.2, 0.25) is 0 Å². The van der Waals surface area contributed by atoms with Crippen LogP contribution in [-0.2, 0) is 4.84 Å². The fraction of sp³-hybridized carbons (Fsp3) is 0.0556. The normalized spacial score (nSPS) is 13.5. The molecule has 0 fully saturated rings. The highest BCUT2D eigenvalue weighted by molar-refractivity contribution is 6.21. The van der Waals surface area contributed by atoms with Crippen molar-refractivity contribution in [1.82, 2.24) is 10.0 Å². The second-order valence-electron chi connectivity index (χ2n) is 5.60. The molecule has 0 atom stereocenters. The van der Waals surface area contributed by atoms with Gasteiger partial charge in [0.25, 0.3) is 11.8 Å². The number of rotatable bonds is 2. The molecule has 1 aromatic heterocycles. The van der Waals surface area contributed by atoms with E-state index in [0.29, 0.717) is 5.06 Å². The van der Waals surface area contributed by atoms with Gasteiger partial charge >= 0.3 is 5.97 Å². The number of amides is 2. The van der Waals surface area contributed by atoms with Crippen molar-refractivity contribution in [1.29, 1.82) is 0 Å². The summed E-state index contributed by atoms with van der Waals surface area (Å²) in [6.07, 6.45) is 0. The van der Waals surface area contributed by atoms with Crippen LogP contribution in [0.2, 0.25) is 0 Å². The predicted molar refractivity (Wildman–Crippen MR) is 85.4 cm³/mol. The van der Waals surface area contributed by atoms with Crippen LogP contribution in [0.25, 0.3) is 10.9 Å². The molecular weight excluding hydrogens is 308 g/mol. The average molecular weight is 320 g/mol. The number of carbonyl (C=O) groups excluding carboxylic acids is 3. The van der Waals surface area contributed by atoms with Gasteiger partial charge in [0.05, 0.1) is 11.1 Å². The molecule has 4 rings (SSSR count). The molecule has 2 aromatic carbocycles. The van der Waals surface area contributed by atoms with Crippen LogP contribution in [0.15, 0.2) is 48.5 Å². The highest BCUT2D eigenvalue weighted by Gasteiger charge is 2.38. The Labute approximate surface area is 136 Å². The van der Waals surface area contributed by atoms with Gasteiger partial charge in [-0.05, 0) is 36.8 Å². The Morgan fingerprint density at radius 2 is 1.67 bits per heavy atom. The molecule has 24 heavy (non-hydrogen) atoms. The minimum Gasteiger partial charge on any atom is -0.349 e. The van der Waals surface area contributed by atoms with Crippen molar-refractivity contribution < 1.29 is 19.2 Å². The van der Waals surface area contributed by atoms with Gasteiger partial charge in [-0.3, -0.25) is 9.59 Å². The summed E-state index contributed by atoms with van der Waals surface area (Å²) in [7, 11) is 0. The summed E-state index contributed by atoms with van der Waals surface area (Å²) in [4.78, 5) is 44.7. The third kappa shape index (κ3) is 2.08. The number of benzene rings is 2. The number of nitrogens with one attached hydrogen (secondary N) is 1. The summed E-state index contributed by atoms with van der Waals surface area (Å²) in [6, 6.07) is 13.7. The van der Waals surface area contributed by atoms with Crippen LogP contribution in [0.5, 0.6) is 0 Å². The molecule has 6 heteroatoms. The summed E-state index contributed by atoms with van der Waals surface area (Å²) >= 11 is 0. The third-order valence-electron chi connectivity index (χ3n) is 3.93. The Hall–Kier alpha value is -3.41. The van der Waals surface area contributed by atoms with Crippen molar-refractivity contribution >= 4 is 28.7 Å². The van der Waals surface area contributed by atoms with Crippen molar-refractivity contribution in [2.24, 2.45) is 0 Å². The largest absolute Gasteiger partial charge is 0.380 e. The standard InChI is InChI=1S/C18H12N2O4/c1-10-6-7-11-9-15(19-14(11)8-10)18(23)24-20-16(21)12-4-2-3-5-13(12)17(20)22/h2-9,19H,1H3. The molecule has 0 saturated heterocycles. The highest BCUT2D eigenvalue weighted by Crippen LogP contribution is 2.24. The second kappa shape index (κ2) is 5.06. The van der Waals surface area contributed by atoms with Crippen LogP contribution in [0, 0.1) is 6.92 Å². The molecule has 0 spiro atoms. The number of H-pyrrole nitrogens is 1. The Kier molecular flexibility index (Phi) is 2.99. The first-order valence-electron chi connectivity index (χ1n) is 7.34. The molecule has 0 radical (unpaired) electrons. The Bertz CT molecular complexity index is 984. The van der Waals surface area contributed by atoms with E-state index in [9.17, 15) is 14.4 Å². The SMILES string of the molecule is Cc1ccc2cc(C(=O)ON3C(=O)c4ccccc4C3=O)[nH]c2c1. The number of carbonyl (C=O) groups is 3.